The Labute approximate surface area is 198 Å². The van der Waals surface area contributed by atoms with Crippen LogP contribution in [0.2, 0.25) is 0 Å². The molecular weight excluding hydrogens is 432 g/mol. The van der Waals surface area contributed by atoms with E-state index in [4.69, 9.17) is 0 Å². The van der Waals surface area contributed by atoms with Crippen molar-refractivity contribution in [2.75, 3.05) is 33.7 Å². The van der Waals surface area contributed by atoms with Gasteiger partial charge in [0.25, 0.3) is 5.56 Å². The number of benzene rings is 1. The zero-order valence-electron chi connectivity index (χ0n) is 19.9. The summed E-state index contributed by atoms with van der Waals surface area (Å²) in [7, 11) is 2.90. The molecule has 0 spiro atoms. The van der Waals surface area contributed by atoms with Gasteiger partial charge in [0, 0.05) is 58.0 Å². The van der Waals surface area contributed by atoms with E-state index in [9.17, 15) is 19.2 Å². The predicted molar refractivity (Wildman–Crippen MR) is 126 cm³/mol. The molecule has 8 nitrogen and oxygen atoms in total. The van der Waals surface area contributed by atoms with Crippen LogP contribution < -0.4 is 5.56 Å². The van der Waals surface area contributed by atoms with Crippen LogP contribution in [-0.4, -0.2) is 70.8 Å². The van der Waals surface area contributed by atoms with E-state index in [1.54, 1.807) is 12.1 Å². The highest BCUT2D eigenvalue weighted by molar-refractivity contribution is 6.19. The Morgan fingerprint density at radius 2 is 1.56 bits per heavy atom. The number of likely N-dealkylation sites (tertiary alicyclic amines) is 1. The largest absolute Gasteiger partial charge is 0.332 e. The number of pyridine rings is 1. The molecule has 4 amide bonds. The molecule has 2 atom stereocenters. The SMILES string of the molecule is Cc1ccc(CC2(CN3CC4CC(C3)c3cccc(=O)n3C4)C(=O)N(C)C(=O)N(C)C2=O)cc1. The van der Waals surface area contributed by atoms with Crippen LogP contribution >= 0.6 is 0 Å². The minimum absolute atomic E-state index is 0.0240. The highest BCUT2D eigenvalue weighted by Gasteiger charge is 2.56. The molecule has 1 aromatic heterocycles. The van der Waals surface area contributed by atoms with Crippen molar-refractivity contribution in [1.82, 2.24) is 19.3 Å². The molecule has 3 aliphatic heterocycles. The highest BCUT2D eigenvalue weighted by Crippen LogP contribution is 2.39. The molecule has 3 aliphatic rings. The fourth-order valence-corrected chi connectivity index (χ4v) is 6.04. The van der Waals surface area contributed by atoms with Crippen molar-refractivity contribution < 1.29 is 14.4 Å². The molecule has 4 heterocycles. The molecule has 2 saturated heterocycles. The molecule has 0 N–H and O–H groups in total. The molecule has 2 bridgehead atoms. The summed E-state index contributed by atoms with van der Waals surface area (Å²) in [5, 5.41) is 0. The molecule has 0 aliphatic carbocycles. The Morgan fingerprint density at radius 1 is 0.882 bits per heavy atom. The minimum atomic E-state index is -1.38. The van der Waals surface area contributed by atoms with Crippen LogP contribution in [0.5, 0.6) is 0 Å². The van der Waals surface area contributed by atoms with Crippen molar-refractivity contribution in [3.63, 3.8) is 0 Å². The second-order valence-electron chi connectivity index (χ2n) is 10.1. The number of aryl methyl sites for hydroxylation is 1. The molecule has 2 unspecified atom stereocenters. The Balaban J connectivity index is 1.50. The number of fused-ring (bicyclic) bond motifs is 4. The third-order valence-corrected chi connectivity index (χ3v) is 7.68. The van der Waals surface area contributed by atoms with E-state index in [1.165, 1.54) is 14.1 Å². The number of imide groups is 2. The van der Waals surface area contributed by atoms with E-state index in [1.807, 2.05) is 41.8 Å². The van der Waals surface area contributed by atoms with Gasteiger partial charge >= 0.3 is 6.03 Å². The van der Waals surface area contributed by atoms with Gasteiger partial charge in [0.1, 0.15) is 5.41 Å². The van der Waals surface area contributed by atoms with Gasteiger partial charge in [0.2, 0.25) is 11.8 Å². The Hall–Kier alpha value is -3.26. The number of carbonyl (C=O) groups is 3. The van der Waals surface area contributed by atoms with Crippen LogP contribution in [0.3, 0.4) is 0 Å². The zero-order chi connectivity index (χ0) is 24.2. The van der Waals surface area contributed by atoms with Crippen molar-refractivity contribution in [2.24, 2.45) is 11.3 Å². The second kappa shape index (κ2) is 8.20. The molecule has 2 aromatic rings. The maximum absolute atomic E-state index is 13.6. The fraction of sp³-hybridized carbons (Fsp3) is 0.462. The molecule has 2 fully saturated rings. The Bertz CT molecular complexity index is 1190. The Morgan fingerprint density at radius 3 is 2.24 bits per heavy atom. The van der Waals surface area contributed by atoms with Crippen molar-refractivity contribution in [2.45, 2.75) is 32.2 Å². The number of carbonyl (C=O) groups excluding carboxylic acids is 3. The molecule has 178 valence electrons. The lowest BCUT2D eigenvalue weighted by atomic mass is 9.75. The number of rotatable bonds is 4. The summed E-state index contributed by atoms with van der Waals surface area (Å²) >= 11 is 0. The van der Waals surface area contributed by atoms with Gasteiger partial charge in [-0.05, 0) is 37.3 Å². The summed E-state index contributed by atoms with van der Waals surface area (Å²) in [5.74, 6) is -0.459. The number of barbiturate groups is 1. The van der Waals surface area contributed by atoms with E-state index in [0.717, 1.165) is 33.0 Å². The topological polar surface area (TPSA) is 82.9 Å². The minimum Gasteiger partial charge on any atom is -0.312 e. The molecule has 34 heavy (non-hydrogen) atoms. The predicted octanol–water partition coefficient (Wildman–Crippen LogP) is 1.86. The van der Waals surface area contributed by atoms with Crippen molar-refractivity contribution >= 4 is 17.8 Å². The van der Waals surface area contributed by atoms with E-state index >= 15 is 0 Å². The zero-order valence-corrected chi connectivity index (χ0v) is 19.9. The van der Waals surface area contributed by atoms with Crippen molar-refractivity contribution in [1.29, 1.82) is 0 Å². The van der Waals surface area contributed by atoms with Crippen molar-refractivity contribution in [3.05, 3.63) is 69.6 Å². The van der Waals surface area contributed by atoms with Crippen LogP contribution in [0.25, 0.3) is 0 Å². The maximum atomic E-state index is 13.6. The third-order valence-electron chi connectivity index (χ3n) is 7.68. The molecule has 0 saturated carbocycles. The van der Waals surface area contributed by atoms with Gasteiger partial charge in [-0.1, -0.05) is 35.9 Å². The second-order valence-corrected chi connectivity index (χ2v) is 10.1. The van der Waals surface area contributed by atoms with E-state index in [0.29, 0.717) is 19.6 Å². The lowest BCUT2D eigenvalue weighted by molar-refractivity contribution is -0.159. The van der Waals surface area contributed by atoms with Crippen LogP contribution in [0, 0.1) is 18.3 Å². The van der Waals surface area contributed by atoms with Gasteiger partial charge in [0.05, 0.1) is 0 Å². The number of hydrogen-bond donors (Lipinski definition) is 0. The summed E-state index contributed by atoms with van der Waals surface area (Å²) in [6.45, 7) is 4.25. The normalized spacial score (nSPS) is 24.4. The van der Waals surface area contributed by atoms with Gasteiger partial charge in [-0.25, -0.2) is 4.79 Å². The van der Waals surface area contributed by atoms with Gasteiger partial charge in [0.15, 0.2) is 0 Å². The van der Waals surface area contributed by atoms with Crippen LogP contribution in [0.15, 0.2) is 47.3 Å². The van der Waals surface area contributed by atoms with Gasteiger partial charge < -0.3 is 9.47 Å². The van der Waals surface area contributed by atoms with Gasteiger partial charge in [-0.2, -0.15) is 0 Å². The summed E-state index contributed by atoms with van der Waals surface area (Å²) in [6, 6.07) is 12.6. The monoisotopic (exact) mass is 462 g/mol. The summed E-state index contributed by atoms with van der Waals surface area (Å²) in [4.78, 5) is 56.5. The lowest BCUT2D eigenvalue weighted by Gasteiger charge is -2.48. The lowest BCUT2D eigenvalue weighted by Crippen LogP contribution is -2.67. The first kappa shape index (κ1) is 22.5. The molecule has 1 aromatic carbocycles. The first-order valence-corrected chi connectivity index (χ1v) is 11.8. The van der Waals surface area contributed by atoms with Crippen molar-refractivity contribution in [3.8, 4) is 0 Å². The maximum Gasteiger partial charge on any atom is 0.332 e. The number of piperidine rings is 1. The number of urea groups is 1. The third kappa shape index (κ3) is 3.57. The summed E-state index contributed by atoms with van der Waals surface area (Å²) < 4.78 is 1.87. The summed E-state index contributed by atoms with van der Waals surface area (Å²) in [6.07, 6.45) is 1.22. The summed E-state index contributed by atoms with van der Waals surface area (Å²) in [5.41, 5.74) is 1.65. The Kier molecular flexibility index (Phi) is 5.43. The number of hydrogen-bond acceptors (Lipinski definition) is 5. The smallest absolute Gasteiger partial charge is 0.312 e. The fourth-order valence-electron chi connectivity index (χ4n) is 6.04. The average molecular weight is 463 g/mol. The molecule has 8 heteroatoms. The van der Waals surface area contributed by atoms with Gasteiger partial charge in [-0.15, -0.1) is 0 Å². The van der Waals surface area contributed by atoms with Gasteiger partial charge in [-0.3, -0.25) is 24.2 Å². The highest BCUT2D eigenvalue weighted by atomic mass is 16.2. The molecule has 0 radical (unpaired) electrons. The van der Waals surface area contributed by atoms with E-state index < -0.39 is 23.3 Å². The van der Waals surface area contributed by atoms with Crippen LogP contribution in [0.1, 0.15) is 29.2 Å². The quantitative estimate of drug-likeness (QED) is 0.648. The first-order valence-electron chi connectivity index (χ1n) is 11.8. The van der Waals surface area contributed by atoms with Crippen LogP contribution in [0.4, 0.5) is 4.79 Å². The van der Waals surface area contributed by atoms with Crippen LogP contribution in [-0.2, 0) is 22.6 Å². The average Bonchev–Trinajstić information content (AvgIpc) is 2.82. The standard InChI is InChI=1S/C26H30N4O4/c1-17-7-9-18(10-8-17)12-26(23(32)27(2)25(34)28(3)24(26)33)16-29-13-19-11-20(15-29)21-5-4-6-22(31)30(21)14-19/h4-10,19-20H,11-16H2,1-3H3. The molecule has 5 rings (SSSR count). The number of aromatic nitrogens is 1. The number of nitrogens with zero attached hydrogens (tertiary/aromatic N) is 4. The first-order chi connectivity index (χ1) is 16.2. The number of amides is 4. The van der Waals surface area contributed by atoms with E-state index in [-0.39, 0.29) is 30.4 Å². The van der Waals surface area contributed by atoms with E-state index in [2.05, 4.69) is 4.90 Å². The molecular formula is C26H30N4O4.